The van der Waals surface area contributed by atoms with Crippen LogP contribution in [0.15, 0.2) is 60.7 Å². The van der Waals surface area contributed by atoms with E-state index in [-0.39, 0.29) is 0 Å². The molecule has 0 aliphatic carbocycles. The lowest BCUT2D eigenvalue weighted by Gasteiger charge is -2.04. The third kappa shape index (κ3) is 8.73. The molecule has 46 heavy (non-hydrogen) atoms. The smallest absolute Gasteiger partial charge is 0.0892 e. The molecule has 0 saturated heterocycles. The van der Waals surface area contributed by atoms with E-state index in [2.05, 4.69) is 74.5 Å². The molecule has 0 aliphatic rings. The van der Waals surface area contributed by atoms with Gasteiger partial charge >= 0.3 is 0 Å². The Kier molecular flexibility index (Phi) is 12.8. The van der Waals surface area contributed by atoms with Crippen LogP contribution in [0.3, 0.4) is 0 Å². The monoisotopic (exact) mass is 684 g/mol. The Bertz CT molecular complexity index is 1620. The molecule has 6 aromatic rings. The lowest BCUT2D eigenvalue weighted by molar-refractivity contribution is 0.575. The second kappa shape index (κ2) is 17.4. The molecule has 6 rings (SSSR count). The summed E-state index contributed by atoms with van der Waals surface area (Å²) < 4.78 is 5.92. The maximum absolute atomic E-state index is 2.46. The zero-order valence-electron chi connectivity index (χ0n) is 28.1. The Labute approximate surface area is 293 Å². The second-order valence-corrected chi connectivity index (χ2v) is 18.0. The Morgan fingerprint density at radius 3 is 1.11 bits per heavy atom. The van der Waals surface area contributed by atoms with Crippen LogP contribution in [0.4, 0.5) is 0 Å². The minimum atomic E-state index is 1.22. The van der Waals surface area contributed by atoms with Gasteiger partial charge in [0.25, 0.3) is 0 Å². The van der Waals surface area contributed by atoms with Gasteiger partial charge in [-0.05, 0) is 60.1 Å². The first-order valence-corrected chi connectivity index (χ1v) is 21.6. The Morgan fingerprint density at radius 1 is 0.391 bits per heavy atom. The van der Waals surface area contributed by atoms with Crippen LogP contribution in [-0.2, 0) is 12.8 Å². The van der Waals surface area contributed by atoms with E-state index in [0.29, 0.717) is 0 Å². The van der Waals surface area contributed by atoms with Gasteiger partial charge in [0.1, 0.15) is 0 Å². The van der Waals surface area contributed by atoms with Gasteiger partial charge in [0, 0.05) is 20.5 Å². The van der Waals surface area contributed by atoms with E-state index in [1.54, 1.807) is 0 Å². The van der Waals surface area contributed by atoms with E-state index < -0.39 is 0 Å². The van der Waals surface area contributed by atoms with Crippen molar-refractivity contribution < 1.29 is 0 Å². The molecular formula is C42H52S4. The SMILES string of the molecule is CCCCCCCCCCc1ccc(-c2cc3c(s2)sc2c4cc(-c5ccc(CCCCCCCCCC)cc5)sc4sc32)cc1. The number of hydrogen-bond donors (Lipinski definition) is 0. The van der Waals surface area contributed by atoms with Crippen molar-refractivity contribution in [1.82, 2.24) is 0 Å². The zero-order valence-corrected chi connectivity index (χ0v) is 31.4. The molecule has 0 aliphatic heterocycles. The summed E-state index contributed by atoms with van der Waals surface area (Å²) in [5.41, 5.74) is 5.71. The summed E-state index contributed by atoms with van der Waals surface area (Å²) in [7, 11) is 0. The number of aryl methyl sites for hydroxylation is 2. The molecule has 0 amide bonds. The average molecular weight is 685 g/mol. The summed E-state index contributed by atoms with van der Waals surface area (Å²) in [4.78, 5) is 2.82. The maximum atomic E-state index is 2.46. The lowest BCUT2D eigenvalue weighted by Crippen LogP contribution is -1.86. The van der Waals surface area contributed by atoms with Gasteiger partial charge in [-0.1, -0.05) is 152 Å². The number of thiophene rings is 4. The molecular weight excluding hydrogens is 633 g/mol. The molecule has 0 saturated carbocycles. The first-order valence-electron chi connectivity index (χ1n) is 18.3. The van der Waals surface area contributed by atoms with E-state index in [9.17, 15) is 0 Å². The standard InChI is InChI=1S/C42H52S4/c1-3-5-7-9-11-13-15-17-19-31-21-25-33(26-22-31)37-29-35-39-40(45-41(35)43-37)36-30-38(44-42(36)46-39)34-27-23-32(24-28-34)20-18-16-14-12-10-8-6-4-2/h21-30H,3-20H2,1-2H3. The molecule has 0 atom stereocenters. The van der Waals surface area contributed by atoms with Crippen LogP contribution in [0.2, 0.25) is 0 Å². The molecule has 0 bridgehead atoms. The summed E-state index contributed by atoms with van der Waals surface area (Å²) >= 11 is 7.95. The highest BCUT2D eigenvalue weighted by Crippen LogP contribution is 2.51. The van der Waals surface area contributed by atoms with Crippen molar-refractivity contribution >= 4 is 73.5 Å². The summed E-state index contributed by atoms with van der Waals surface area (Å²) in [5.74, 6) is 0. The Morgan fingerprint density at radius 2 is 0.739 bits per heavy atom. The number of rotatable bonds is 20. The van der Waals surface area contributed by atoms with E-state index in [0.717, 1.165) is 0 Å². The molecule has 2 aromatic carbocycles. The van der Waals surface area contributed by atoms with Gasteiger partial charge in [-0.2, -0.15) is 0 Å². The van der Waals surface area contributed by atoms with Crippen molar-refractivity contribution in [1.29, 1.82) is 0 Å². The van der Waals surface area contributed by atoms with Gasteiger partial charge in [-0.3, -0.25) is 0 Å². The van der Waals surface area contributed by atoms with Crippen molar-refractivity contribution in [2.45, 2.75) is 129 Å². The van der Waals surface area contributed by atoms with Crippen LogP contribution in [0.5, 0.6) is 0 Å². The quantitative estimate of drug-likeness (QED) is 0.0702. The van der Waals surface area contributed by atoms with Crippen molar-refractivity contribution in [3.05, 3.63) is 71.8 Å². The van der Waals surface area contributed by atoms with E-state index in [1.807, 2.05) is 45.3 Å². The van der Waals surface area contributed by atoms with Gasteiger partial charge in [-0.25, -0.2) is 0 Å². The van der Waals surface area contributed by atoms with Gasteiger partial charge < -0.3 is 0 Å². The predicted octanol–water partition coefficient (Wildman–Crippen LogP) is 16.1. The number of fused-ring (bicyclic) bond motifs is 5. The van der Waals surface area contributed by atoms with Crippen molar-refractivity contribution in [2.75, 3.05) is 0 Å². The number of benzene rings is 2. The third-order valence-electron chi connectivity index (χ3n) is 9.60. The second-order valence-electron chi connectivity index (χ2n) is 13.3. The fraction of sp³-hybridized carbons (Fsp3) is 0.476. The highest BCUT2D eigenvalue weighted by molar-refractivity contribution is 7.50. The van der Waals surface area contributed by atoms with Crippen LogP contribution in [0.25, 0.3) is 49.1 Å². The van der Waals surface area contributed by atoms with Gasteiger partial charge in [0.2, 0.25) is 0 Å². The zero-order chi connectivity index (χ0) is 31.6. The summed E-state index contributed by atoms with van der Waals surface area (Å²) in [6.07, 6.45) is 24.6. The summed E-state index contributed by atoms with van der Waals surface area (Å²) in [6, 6.07) is 23.8. The molecule has 4 heterocycles. The summed E-state index contributed by atoms with van der Waals surface area (Å²) in [5, 5.41) is 2.92. The van der Waals surface area contributed by atoms with Crippen LogP contribution in [0, 0.1) is 0 Å². The Balaban J connectivity index is 1.03. The molecule has 244 valence electrons. The van der Waals surface area contributed by atoms with Crippen LogP contribution in [0.1, 0.15) is 128 Å². The van der Waals surface area contributed by atoms with Crippen molar-refractivity contribution in [3.8, 4) is 20.9 Å². The minimum absolute atomic E-state index is 1.22. The molecule has 0 spiro atoms. The maximum Gasteiger partial charge on any atom is 0.0892 e. The topological polar surface area (TPSA) is 0 Å². The predicted molar refractivity (Wildman–Crippen MR) is 214 cm³/mol. The fourth-order valence-electron chi connectivity index (χ4n) is 6.73. The fourth-order valence-corrected chi connectivity index (χ4v) is 12.3. The van der Waals surface area contributed by atoms with E-state index >= 15 is 0 Å². The molecule has 4 aromatic heterocycles. The minimum Gasteiger partial charge on any atom is -0.124 e. The third-order valence-corrected chi connectivity index (χ3v) is 14.7. The van der Waals surface area contributed by atoms with Gasteiger partial charge in [0.15, 0.2) is 0 Å². The average Bonchev–Trinajstić information content (AvgIpc) is 3.83. The number of hydrogen-bond acceptors (Lipinski definition) is 4. The summed E-state index contributed by atoms with van der Waals surface area (Å²) in [6.45, 7) is 4.59. The molecule has 4 heteroatoms. The van der Waals surface area contributed by atoms with E-state index in [4.69, 9.17) is 0 Å². The normalized spacial score (nSPS) is 12.0. The Hall–Kier alpha value is -1.98. The van der Waals surface area contributed by atoms with Gasteiger partial charge in [0.05, 0.1) is 17.4 Å². The molecule has 0 unspecified atom stereocenters. The van der Waals surface area contributed by atoms with Crippen LogP contribution in [-0.4, -0.2) is 0 Å². The molecule has 0 nitrogen and oxygen atoms in total. The first-order chi connectivity index (χ1) is 22.7. The first kappa shape index (κ1) is 33.9. The largest absolute Gasteiger partial charge is 0.124 e. The van der Waals surface area contributed by atoms with E-state index in [1.165, 1.54) is 176 Å². The van der Waals surface area contributed by atoms with Gasteiger partial charge in [-0.15, -0.1) is 45.3 Å². The van der Waals surface area contributed by atoms with Crippen LogP contribution < -0.4 is 0 Å². The van der Waals surface area contributed by atoms with Crippen molar-refractivity contribution in [3.63, 3.8) is 0 Å². The molecule has 0 N–H and O–H groups in total. The van der Waals surface area contributed by atoms with Crippen molar-refractivity contribution in [2.24, 2.45) is 0 Å². The lowest BCUT2D eigenvalue weighted by atomic mass is 10.0. The van der Waals surface area contributed by atoms with Crippen LogP contribution >= 0.6 is 45.3 Å². The molecule has 0 radical (unpaired) electrons. The molecule has 0 fully saturated rings. The highest BCUT2D eigenvalue weighted by atomic mass is 32.2. The number of unbranched alkanes of at least 4 members (excludes halogenated alkanes) is 14. The highest BCUT2D eigenvalue weighted by Gasteiger charge is 2.18.